The largest absolute Gasteiger partial charge is 0.385 e. The fourth-order valence-corrected chi connectivity index (χ4v) is 1.65. The number of methoxy groups -OCH3 is 1. The highest BCUT2D eigenvalue weighted by molar-refractivity contribution is 5.86. The first-order chi connectivity index (χ1) is 6.75. The first kappa shape index (κ1) is 11.6. The Kier molecular flexibility index (Phi) is 5.07. The summed E-state index contributed by atoms with van der Waals surface area (Å²) in [5.74, 6) is 0.186. The molecule has 0 bridgehead atoms. The smallest absolute Gasteiger partial charge is 0.154 e. The molecule has 0 amide bonds. The molecule has 4 heteroatoms. The van der Waals surface area contributed by atoms with Crippen LogP contribution in [-0.2, 0) is 14.3 Å². The van der Waals surface area contributed by atoms with Crippen molar-refractivity contribution < 1.29 is 14.3 Å². The van der Waals surface area contributed by atoms with Crippen molar-refractivity contribution in [2.75, 3.05) is 26.9 Å². The molecular formula is C10H19NO3. The van der Waals surface area contributed by atoms with Crippen LogP contribution >= 0.6 is 0 Å². The zero-order chi connectivity index (χ0) is 10.4. The van der Waals surface area contributed by atoms with Gasteiger partial charge in [-0.15, -0.1) is 0 Å². The van der Waals surface area contributed by atoms with Gasteiger partial charge in [0.05, 0.1) is 12.6 Å². The first-order valence-electron chi connectivity index (χ1n) is 5.11. The zero-order valence-electron chi connectivity index (χ0n) is 8.70. The van der Waals surface area contributed by atoms with Gasteiger partial charge in [0.25, 0.3) is 0 Å². The van der Waals surface area contributed by atoms with Gasteiger partial charge in [-0.3, -0.25) is 4.79 Å². The van der Waals surface area contributed by atoms with Gasteiger partial charge in [0.15, 0.2) is 5.78 Å². The van der Waals surface area contributed by atoms with Crippen molar-refractivity contribution in [1.29, 1.82) is 0 Å². The SMILES string of the molecule is COCCCC(N)C(=O)C1CCOC1. The number of ether oxygens (including phenoxy) is 2. The van der Waals surface area contributed by atoms with Gasteiger partial charge >= 0.3 is 0 Å². The van der Waals surface area contributed by atoms with E-state index in [1.165, 1.54) is 0 Å². The van der Waals surface area contributed by atoms with E-state index in [4.69, 9.17) is 15.2 Å². The summed E-state index contributed by atoms with van der Waals surface area (Å²) in [5, 5.41) is 0. The highest BCUT2D eigenvalue weighted by atomic mass is 16.5. The van der Waals surface area contributed by atoms with Crippen molar-refractivity contribution in [1.82, 2.24) is 0 Å². The third-order valence-corrected chi connectivity index (χ3v) is 2.56. The van der Waals surface area contributed by atoms with Crippen molar-refractivity contribution >= 4 is 5.78 Å². The predicted octanol–water partition coefficient (Wildman–Crippen LogP) is 0.346. The number of hydrogen-bond acceptors (Lipinski definition) is 4. The van der Waals surface area contributed by atoms with Gasteiger partial charge in [-0.2, -0.15) is 0 Å². The number of hydrogen-bond donors (Lipinski definition) is 1. The Morgan fingerprint density at radius 2 is 2.50 bits per heavy atom. The molecule has 0 saturated carbocycles. The van der Waals surface area contributed by atoms with Gasteiger partial charge in [0, 0.05) is 26.2 Å². The van der Waals surface area contributed by atoms with E-state index in [0.717, 1.165) is 12.8 Å². The van der Waals surface area contributed by atoms with E-state index < -0.39 is 0 Å². The average molecular weight is 201 g/mol. The Morgan fingerprint density at radius 1 is 1.71 bits per heavy atom. The number of ketones is 1. The summed E-state index contributed by atoms with van der Waals surface area (Å²) in [4.78, 5) is 11.7. The normalized spacial score (nSPS) is 23.7. The minimum atomic E-state index is -0.336. The Labute approximate surface area is 84.7 Å². The van der Waals surface area contributed by atoms with Gasteiger partial charge < -0.3 is 15.2 Å². The van der Waals surface area contributed by atoms with E-state index in [-0.39, 0.29) is 17.7 Å². The Morgan fingerprint density at radius 3 is 3.07 bits per heavy atom. The molecule has 2 unspecified atom stereocenters. The van der Waals surface area contributed by atoms with Crippen LogP contribution in [0.15, 0.2) is 0 Å². The van der Waals surface area contributed by atoms with Crippen LogP contribution in [0.5, 0.6) is 0 Å². The second-order valence-corrected chi connectivity index (χ2v) is 3.70. The molecule has 0 spiro atoms. The summed E-state index contributed by atoms with van der Waals surface area (Å²) in [6, 6.07) is -0.336. The van der Waals surface area contributed by atoms with Gasteiger partial charge in [0.1, 0.15) is 0 Å². The number of rotatable bonds is 6. The molecule has 1 saturated heterocycles. The molecule has 1 aliphatic rings. The molecule has 82 valence electrons. The van der Waals surface area contributed by atoms with Crippen LogP contribution in [-0.4, -0.2) is 38.8 Å². The van der Waals surface area contributed by atoms with E-state index in [9.17, 15) is 4.79 Å². The number of Topliss-reactive ketones (excluding diaryl/α,β-unsaturated/α-hetero) is 1. The van der Waals surface area contributed by atoms with Crippen LogP contribution in [0.25, 0.3) is 0 Å². The molecule has 1 rings (SSSR count). The minimum Gasteiger partial charge on any atom is -0.385 e. The monoisotopic (exact) mass is 201 g/mol. The lowest BCUT2D eigenvalue weighted by Gasteiger charge is -2.13. The van der Waals surface area contributed by atoms with Crippen molar-refractivity contribution in [2.24, 2.45) is 11.7 Å². The number of carbonyl (C=O) groups is 1. The summed E-state index contributed by atoms with van der Waals surface area (Å²) in [7, 11) is 1.65. The Hall–Kier alpha value is -0.450. The summed E-state index contributed by atoms with van der Waals surface area (Å²) in [6.07, 6.45) is 2.39. The number of carbonyl (C=O) groups excluding carboxylic acids is 1. The maximum atomic E-state index is 11.7. The third kappa shape index (κ3) is 3.36. The molecule has 0 radical (unpaired) electrons. The lowest BCUT2D eigenvalue weighted by atomic mass is 9.95. The maximum absolute atomic E-state index is 11.7. The van der Waals surface area contributed by atoms with E-state index in [2.05, 4.69) is 0 Å². The van der Waals surface area contributed by atoms with Gasteiger partial charge in [-0.25, -0.2) is 0 Å². The highest BCUT2D eigenvalue weighted by Gasteiger charge is 2.27. The van der Waals surface area contributed by atoms with Crippen molar-refractivity contribution in [3.63, 3.8) is 0 Å². The summed E-state index contributed by atoms with van der Waals surface area (Å²) in [5.41, 5.74) is 5.78. The lowest BCUT2D eigenvalue weighted by molar-refractivity contribution is -0.124. The summed E-state index contributed by atoms with van der Waals surface area (Å²) < 4.78 is 10.1. The van der Waals surface area contributed by atoms with E-state index >= 15 is 0 Å². The molecule has 2 N–H and O–H groups in total. The average Bonchev–Trinajstić information content (AvgIpc) is 2.69. The van der Waals surface area contributed by atoms with Crippen LogP contribution in [0.1, 0.15) is 19.3 Å². The first-order valence-corrected chi connectivity index (χ1v) is 5.11. The molecule has 14 heavy (non-hydrogen) atoms. The van der Waals surface area contributed by atoms with Crippen LogP contribution in [0.4, 0.5) is 0 Å². The molecule has 0 aromatic rings. The maximum Gasteiger partial charge on any atom is 0.154 e. The second-order valence-electron chi connectivity index (χ2n) is 3.70. The topological polar surface area (TPSA) is 61.5 Å². The van der Waals surface area contributed by atoms with Crippen LogP contribution in [0, 0.1) is 5.92 Å². The van der Waals surface area contributed by atoms with Crippen molar-refractivity contribution in [3.05, 3.63) is 0 Å². The molecule has 0 aromatic carbocycles. The van der Waals surface area contributed by atoms with Crippen molar-refractivity contribution in [2.45, 2.75) is 25.3 Å². The predicted molar refractivity (Wildman–Crippen MR) is 53.0 cm³/mol. The number of nitrogens with two attached hydrogens (primary N) is 1. The Balaban J connectivity index is 2.21. The molecule has 4 nitrogen and oxygen atoms in total. The highest BCUT2D eigenvalue weighted by Crippen LogP contribution is 2.15. The molecule has 1 aliphatic heterocycles. The standard InChI is InChI=1S/C10H19NO3/c1-13-5-2-3-9(11)10(12)8-4-6-14-7-8/h8-9H,2-7,11H2,1H3. The molecule has 1 fully saturated rings. The van der Waals surface area contributed by atoms with Gasteiger partial charge in [-0.1, -0.05) is 0 Å². The summed E-state index contributed by atoms with van der Waals surface area (Å²) in [6.45, 7) is 1.92. The van der Waals surface area contributed by atoms with Crippen LogP contribution in [0.3, 0.4) is 0 Å². The van der Waals surface area contributed by atoms with Crippen LogP contribution < -0.4 is 5.73 Å². The zero-order valence-corrected chi connectivity index (χ0v) is 8.70. The minimum absolute atomic E-state index is 0.0348. The summed E-state index contributed by atoms with van der Waals surface area (Å²) >= 11 is 0. The molecule has 2 atom stereocenters. The quantitative estimate of drug-likeness (QED) is 0.630. The molecule has 1 heterocycles. The fourth-order valence-electron chi connectivity index (χ4n) is 1.65. The molecular weight excluding hydrogens is 182 g/mol. The molecule has 0 aliphatic carbocycles. The lowest BCUT2D eigenvalue weighted by Crippen LogP contribution is -2.36. The van der Waals surface area contributed by atoms with E-state index in [1.807, 2.05) is 0 Å². The van der Waals surface area contributed by atoms with Crippen molar-refractivity contribution in [3.8, 4) is 0 Å². The Bertz CT molecular complexity index is 178. The van der Waals surface area contributed by atoms with Crippen LogP contribution in [0.2, 0.25) is 0 Å². The third-order valence-electron chi connectivity index (χ3n) is 2.56. The second kappa shape index (κ2) is 6.11. The van der Waals surface area contributed by atoms with Gasteiger partial charge in [0.2, 0.25) is 0 Å². The molecule has 0 aromatic heterocycles. The fraction of sp³-hybridized carbons (Fsp3) is 0.900. The van der Waals surface area contributed by atoms with E-state index in [0.29, 0.717) is 26.2 Å². The van der Waals surface area contributed by atoms with Gasteiger partial charge in [-0.05, 0) is 19.3 Å². The van der Waals surface area contributed by atoms with E-state index in [1.54, 1.807) is 7.11 Å².